The number of hydrogen-bond donors (Lipinski definition) is 1. The summed E-state index contributed by atoms with van der Waals surface area (Å²) in [5.41, 5.74) is 0.758. The van der Waals surface area contributed by atoms with Gasteiger partial charge in [0.05, 0.1) is 5.92 Å². The van der Waals surface area contributed by atoms with Crippen LogP contribution < -0.4 is 0 Å². The molecule has 0 aromatic heterocycles. The highest BCUT2D eigenvalue weighted by Crippen LogP contribution is 2.20. The molecule has 17 heavy (non-hydrogen) atoms. The predicted molar refractivity (Wildman–Crippen MR) is 65.9 cm³/mol. The average Bonchev–Trinajstić information content (AvgIpc) is 2.34. The number of carbonyl (C=O) groups is 2. The fourth-order valence-corrected chi connectivity index (χ4v) is 1.52. The van der Waals surface area contributed by atoms with Gasteiger partial charge in [-0.05, 0) is 18.1 Å². The van der Waals surface area contributed by atoms with Crippen LogP contribution in [0.2, 0.25) is 0 Å². The zero-order valence-corrected chi connectivity index (χ0v) is 9.80. The Morgan fingerprint density at radius 3 is 2.47 bits per heavy atom. The second kappa shape index (κ2) is 6.63. The first-order valence-electron chi connectivity index (χ1n) is 5.62. The van der Waals surface area contributed by atoms with Crippen molar-refractivity contribution in [2.45, 2.75) is 25.7 Å². The number of carboxylic acid groups (broad SMARTS) is 1. The van der Waals surface area contributed by atoms with Crippen LogP contribution in [-0.4, -0.2) is 16.9 Å². The first-order valence-corrected chi connectivity index (χ1v) is 5.62. The summed E-state index contributed by atoms with van der Waals surface area (Å²) in [7, 11) is 0. The van der Waals surface area contributed by atoms with Gasteiger partial charge in [0.2, 0.25) is 0 Å². The van der Waals surface area contributed by atoms with Crippen molar-refractivity contribution in [3.8, 4) is 0 Å². The van der Waals surface area contributed by atoms with Crippen molar-refractivity contribution < 1.29 is 14.7 Å². The van der Waals surface area contributed by atoms with E-state index in [1.807, 2.05) is 18.2 Å². The normalized spacial score (nSPS) is 12.5. The van der Waals surface area contributed by atoms with Crippen molar-refractivity contribution in [3.63, 3.8) is 0 Å². The summed E-state index contributed by atoms with van der Waals surface area (Å²) in [6.45, 7) is 1.78. The molecule has 1 unspecified atom stereocenters. The van der Waals surface area contributed by atoms with E-state index in [1.165, 1.54) is 6.08 Å². The van der Waals surface area contributed by atoms with E-state index in [1.54, 1.807) is 25.1 Å². The number of carboxylic acids is 1. The van der Waals surface area contributed by atoms with Gasteiger partial charge in [0, 0.05) is 6.42 Å². The summed E-state index contributed by atoms with van der Waals surface area (Å²) in [5.74, 6) is -1.44. The van der Waals surface area contributed by atoms with Gasteiger partial charge in [-0.3, -0.25) is 9.59 Å². The van der Waals surface area contributed by atoms with Crippen LogP contribution in [-0.2, 0) is 9.59 Å². The third-order valence-electron chi connectivity index (χ3n) is 2.52. The number of rotatable bonds is 6. The summed E-state index contributed by atoms with van der Waals surface area (Å²) in [5, 5.41) is 9.13. The number of ketones is 1. The number of carbonyl (C=O) groups excluding carboxylic acids is 1. The Labute approximate surface area is 101 Å². The minimum Gasteiger partial charge on any atom is -0.481 e. The predicted octanol–water partition coefficient (Wildman–Crippen LogP) is 2.78. The third kappa shape index (κ3) is 4.23. The summed E-state index contributed by atoms with van der Waals surface area (Å²) in [6.07, 6.45) is 3.88. The summed E-state index contributed by atoms with van der Waals surface area (Å²) >= 11 is 0. The summed E-state index contributed by atoms with van der Waals surface area (Å²) in [6, 6.07) is 9.04. The number of allylic oxidation sites excluding steroid dienone is 2. The van der Waals surface area contributed by atoms with Crippen molar-refractivity contribution in [2.75, 3.05) is 0 Å². The minimum absolute atomic E-state index is 0.0159. The molecule has 1 aromatic rings. The first kappa shape index (κ1) is 13.2. The first-order chi connectivity index (χ1) is 8.15. The van der Waals surface area contributed by atoms with Crippen molar-refractivity contribution in [3.05, 3.63) is 48.0 Å². The van der Waals surface area contributed by atoms with Crippen molar-refractivity contribution in [2.24, 2.45) is 0 Å². The molecule has 90 valence electrons. The van der Waals surface area contributed by atoms with Crippen LogP contribution in [0.4, 0.5) is 0 Å². The van der Waals surface area contributed by atoms with Crippen molar-refractivity contribution in [1.82, 2.24) is 0 Å². The Morgan fingerprint density at radius 2 is 1.94 bits per heavy atom. The second-order valence-electron chi connectivity index (χ2n) is 3.76. The Kier molecular flexibility index (Phi) is 5.14. The monoisotopic (exact) mass is 232 g/mol. The Morgan fingerprint density at radius 1 is 1.29 bits per heavy atom. The van der Waals surface area contributed by atoms with Crippen molar-refractivity contribution >= 4 is 11.8 Å². The third-order valence-corrected chi connectivity index (χ3v) is 2.52. The lowest BCUT2D eigenvalue weighted by Gasteiger charge is -2.09. The van der Waals surface area contributed by atoms with E-state index in [-0.39, 0.29) is 5.78 Å². The van der Waals surface area contributed by atoms with Gasteiger partial charge in [0.1, 0.15) is 0 Å². The Balaban J connectivity index is 2.72. The number of benzene rings is 1. The summed E-state index contributed by atoms with van der Waals surface area (Å²) < 4.78 is 0. The largest absolute Gasteiger partial charge is 0.481 e. The van der Waals surface area contributed by atoms with Crippen LogP contribution in [0.3, 0.4) is 0 Å². The number of hydrogen-bond acceptors (Lipinski definition) is 2. The van der Waals surface area contributed by atoms with Crippen LogP contribution in [0.1, 0.15) is 31.2 Å². The molecule has 0 saturated heterocycles. The molecule has 3 nitrogen and oxygen atoms in total. The molecule has 1 atom stereocenters. The molecular formula is C14H16O3. The van der Waals surface area contributed by atoms with Gasteiger partial charge < -0.3 is 5.11 Å². The lowest BCUT2D eigenvalue weighted by molar-refractivity contribution is -0.138. The van der Waals surface area contributed by atoms with Gasteiger partial charge in [-0.25, -0.2) is 0 Å². The Bertz CT molecular complexity index is 407. The van der Waals surface area contributed by atoms with Gasteiger partial charge in [-0.15, -0.1) is 0 Å². The second-order valence-corrected chi connectivity index (χ2v) is 3.76. The standard InChI is InChI=1S/C14H16O3/c1-2-12(15)9-6-10-13(14(16)17)11-7-4-3-5-8-11/h3-9,13H,2,10H2,1H3,(H,16,17)/b9-6+. The zero-order valence-electron chi connectivity index (χ0n) is 9.80. The van der Waals surface area contributed by atoms with Gasteiger partial charge in [-0.2, -0.15) is 0 Å². The number of aliphatic carboxylic acids is 1. The van der Waals surface area contributed by atoms with Gasteiger partial charge in [0.15, 0.2) is 5.78 Å². The van der Waals surface area contributed by atoms with Gasteiger partial charge in [0.25, 0.3) is 0 Å². The maximum Gasteiger partial charge on any atom is 0.311 e. The van der Waals surface area contributed by atoms with E-state index in [0.717, 1.165) is 5.56 Å². The Hall–Kier alpha value is -1.90. The maximum absolute atomic E-state index is 11.1. The van der Waals surface area contributed by atoms with E-state index >= 15 is 0 Å². The smallest absolute Gasteiger partial charge is 0.311 e. The van der Waals surface area contributed by atoms with E-state index in [9.17, 15) is 9.59 Å². The van der Waals surface area contributed by atoms with E-state index in [2.05, 4.69) is 0 Å². The molecule has 0 spiro atoms. The van der Waals surface area contributed by atoms with Crippen LogP contribution in [0.25, 0.3) is 0 Å². The minimum atomic E-state index is -0.871. The lowest BCUT2D eigenvalue weighted by Crippen LogP contribution is -2.10. The fraction of sp³-hybridized carbons (Fsp3) is 0.286. The lowest BCUT2D eigenvalue weighted by atomic mass is 9.95. The SMILES string of the molecule is CCC(=O)/C=C/CC(C(=O)O)c1ccccc1. The molecule has 0 radical (unpaired) electrons. The van der Waals surface area contributed by atoms with Crippen molar-refractivity contribution in [1.29, 1.82) is 0 Å². The van der Waals surface area contributed by atoms with E-state index in [0.29, 0.717) is 12.8 Å². The van der Waals surface area contributed by atoms with E-state index < -0.39 is 11.9 Å². The highest BCUT2D eigenvalue weighted by molar-refractivity contribution is 5.89. The summed E-state index contributed by atoms with van der Waals surface area (Å²) in [4.78, 5) is 22.2. The zero-order chi connectivity index (χ0) is 12.7. The quantitative estimate of drug-likeness (QED) is 0.767. The molecule has 1 rings (SSSR count). The topological polar surface area (TPSA) is 54.4 Å². The van der Waals surface area contributed by atoms with Crippen LogP contribution in [0.5, 0.6) is 0 Å². The highest BCUT2D eigenvalue weighted by atomic mass is 16.4. The average molecular weight is 232 g/mol. The maximum atomic E-state index is 11.1. The molecule has 0 amide bonds. The molecule has 0 aliphatic heterocycles. The molecule has 1 N–H and O–H groups in total. The fourth-order valence-electron chi connectivity index (χ4n) is 1.52. The van der Waals surface area contributed by atoms with Gasteiger partial charge in [-0.1, -0.05) is 43.3 Å². The molecule has 0 saturated carbocycles. The molecule has 0 fully saturated rings. The molecule has 0 heterocycles. The molecule has 0 aliphatic carbocycles. The van der Waals surface area contributed by atoms with Crippen LogP contribution in [0, 0.1) is 0 Å². The molecule has 3 heteroatoms. The van der Waals surface area contributed by atoms with Crippen LogP contribution in [0.15, 0.2) is 42.5 Å². The molecular weight excluding hydrogens is 216 g/mol. The van der Waals surface area contributed by atoms with Gasteiger partial charge >= 0.3 is 5.97 Å². The molecule has 0 bridgehead atoms. The highest BCUT2D eigenvalue weighted by Gasteiger charge is 2.17. The van der Waals surface area contributed by atoms with Crippen LogP contribution >= 0.6 is 0 Å². The molecule has 1 aromatic carbocycles. The van der Waals surface area contributed by atoms with E-state index in [4.69, 9.17) is 5.11 Å². The molecule has 0 aliphatic rings.